The number of esters is 1. The van der Waals surface area contributed by atoms with Crippen LogP contribution in [-0.2, 0) is 9.53 Å². The minimum atomic E-state index is -0.953. The van der Waals surface area contributed by atoms with Crippen LogP contribution in [0.25, 0.3) is 0 Å². The quantitative estimate of drug-likeness (QED) is 0.149. The lowest BCUT2D eigenvalue weighted by Gasteiger charge is -2.70. The Balaban J connectivity index is 1.72. The molecule has 0 amide bonds. The Hall–Kier alpha value is -1.21. The number of hydrogen-bond acceptors (Lipinski definition) is 6. The van der Waals surface area contributed by atoms with Crippen LogP contribution in [0.15, 0.2) is 24.3 Å². The van der Waals surface area contributed by atoms with Crippen molar-refractivity contribution in [3.05, 3.63) is 24.3 Å². The maximum absolute atomic E-state index is 12.5. The number of allylic oxidation sites excluding steroid dienone is 2. The molecule has 6 heteroatoms. The molecule has 4 rings (SSSR count). The second-order valence-corrected chi connectivity index (χ2v) is 17.2. The van der Waals surface area contributed by atoms with Gasteiger partial charge in [0, 0.05) is 16.9 Å². The summed E-state index contributed by atoms with van der Waals surface area (Å²) >= 11 is 0. The maximum atomic E-state index is 12.5. The first kappa shape index (κ1) is 34.7. The number of carbonyl (C=O) groups is 1. The first-order chi connectivity index (χ1) is 19.8. The van der Waals surface area contributed by atoms with E-state index in [4.69, 9.17) is 4.74 Å². The summed E-state index contributed by atoms with van der Waals surface area (Å²) in [6.45, 7) is 23.6. The van der Waals surface area contributed by atoms with Gasteiger partial charge in [-0.3, -0.25) is 0 Å². The monoisotopic (exact) mass is 602 g/mol. The summed E-state index contributed by atoms with van der Waals surface area (Å²) in [5.74, 6) is 0.169. The Labute approximate surface area is 261 Å². The molecule has 246 valence electrons. The Morgan fingerprint density at radius 1 is 0.907 bits per heavy atom. The highest BCUT2D eigenvalue weighted by Gasteiger charge is 2.69. The Morgan fingerprint density at radius 3 is 2.14 bits per heavy atom. The highest BCUT2D eigenvalue weighted by Crippen LogP contribution is 2.73. The van der Waals surface area contributed by atoms with Crippen LogP contribution in [0.5, 0.6) is 0 Å². The molecule has 0 spiro atoms. The smallest absolute Gasteiger partial charge is 0.330 e. The minimum absolute atomic E-state index is 0.0966. The second-order valence-electron chi connectivity index (χ2n) is 17.2. The lowest BCUT2D eigenvalue weighted by atomic mass is 9.35. The summed E-state index contributed by atoms with van der Waals surface area (Å²) in [7, 11) is 0. The van der Waals surface area contributed by atoms with Crippen molar-refractivity contribution in [2.24, 2.45) is 50.2 Å². The van der Waals surface area contributed by atoms with Gasteiger partial charge in [-0.05, 0) is 111 Å². The van der Waals surface area contributed by atoms with Gasteiger partial charge in [0.1, 0.15) is 0 Å². The molecule has 12 atom stereocenters. The fourth-order valence-electron chi connectivity index (χ4n) is 11.6. The molecule has 0 aromatic rings. The molecule has 43 heavy (non-hydrogen) atoms. The van der Waals surface area contributed by atoms with Crippen LogP contribution in [0.2, 0.25) is 0 Å². The molecule has 6 nitrogen and oxygen atoms in total. The van der Waals surface area contributed by atoms with Gasteiger partial charge >= 0.3 is 5.97 Å². The van der Waals surface area contributed by atoms with E-state index in [0.29, 0.717) is 19.3 Å². The predicted octanol–water partition coefficient (Wildman–Crippen LogP) is 6.60. The van der Waals surface area contributed by atoms with E-state index >= 15 is 0 Å². The van der Waals surface area contributed by atoms with Crippen molar-refractivity contribution in [1.29, 1.82) is 0 Å². The van der Waals surface area contributed by atoms with E-state index in [1.807, 2.05) is 27.7 Å². The van der Waals surface area contributed by atoms with Crippen LogP contribution >= 0.6 is 0 Å². The summed E-state index contributed by atoms with van der Waals surface area (Å²) in [5.41, 5.74) is -1.25. The molecule has 4 N–H and O–H groups in total. The van der Waals surface area contributed by atoms with E-state index in [2.05, 4.69) is 47.3 Å². The Bertz CT molecular complexity index is 1090. The van der Waals surface area contributed by atoms with Gasteiger partial charge in [-0.15, -0.1) is 6.58 Å². The minimum Gasteiger partial charge on any atom is -0.462 e. The van der Waals surface area contributed by atoms with Gasteiger partial charge in [0.25, 0.3) is 0 Å². The van der Waals surface area contributed by atoms with Crippen molar-refractivity contribution in [2.75, 3.05) is 6.61 Å². The molecular weight excluding hydrogens is 540 g/mol. The van der Waals surface area contributed by atoms with Gasteiger partial charge in [0.2, 0.25) is 0 Å². The first-order valence-corrected chi connectivity index (χ1v) is 16.9. The zero-order valence-electron chi connectivity index (χ0n) is 28.6. The highest BCUT2D eigenvalue weighted by molar-refractivity contribution is 5.82. The SMILES string of the molecule is C=CCC1[C@@]2(C)CC[C@H](O)[C@](C)(COC(=O)C=C(C)C)C2CC[C@@]1(C)[C@@]1(C)CC2CC(C)(C)[C@@H](O)[C@H](O)[C@]2(CC)[C@H](O)C1. The molecule has 4 saturated carbocycles. The second kappa shape index (κ2) is 11.5. The summed E-state index contributed by atoms with van der Waals surface area (Å²) < 4.78 is 5.81. The summed E-state index contributed by atoms with van der Waals surface area (Å²) in [6.07, 6.45) is 7.65. The van der Waals surface area contributed by atoms with Crippen LogP contribution in [0.4, 0.5) is 0 Å². The van der Waals surface area contributed by atoms with Crippen molar-refractivity contribution in [2.45, 2.75) is 145 Å². The van der Waals surface area contributed by atoms with Crippen molar-refractivity contribution < 1.29 is 30.0 Å². The van der Waals surface area contributed by atoms with Crippen LogP contribution < -0.4 is 0 Å². The van der Waals surface area contributed by atoms with Crippen molar-refractivity contribution in [3.8, 4) is 0 Å². The molecule has 0 radical (unpaired) electrons. The molecule has 0 heterocycles. The van der Waals surface area contributed by atoms with Gasteiger partial charge in [0.15, 0.2) is 0 Å². The van der Waals surface area contributed by atoms with Gasteiger partial charge in [-0.1, -0.05) is 60.1 Å². The molecule has 4 fully saturated rings. The Morgan fingerprint density at radius 2 is 1.56 bits per heavy atom. The number of ether oxygens (including phenoxy) is 1. The largest absolute Gasteiger partial charge is 0.462 e. The Kier molecular flexibility index (Phi) is 9.31. The van der Waals surface area contributed by atoms with Gasteiger partial charge in [0.05, 0.1) is 31.0 Å². The van der Waals surface area contributed by atoms with E-state index < -0.39 is 40.7 Å². The fourth-order valence-corrected chi connectivity index (χ4v) is 11.6. The molecule has 4 aliphatic carbocycles. The van der Waals surface area contributed by atoms with Crippen LogP contribution in [0.3, 0.4) is 0 Å². The number of hydrogen-bond donors (Lipinski definition) is 4. The van der Waals surface area contributed by atoms with Crippen LogP contribution in [0.1, 0.15) is 120 Å². The topological polar surface area (TPSA) is 107 Å². The molecule has 0 aliphatic heterocycles. The zero-order chi connectivity index (χ0) is 32.4. The highest BCUT2D eigenvalue weighted by atomic mass is 16.5. The van der Waals surface area contributed by atoms with E-state index in [1.165, 1.54) is 6.08 Å². The first-order valence-electron chi connectivity index (χ1n) is 16.9. The lowest BCUT2D eigenvalue weighted by molar-refractivity contribution is -0.269. The molecular formula is C37H62O6. The molecule has 0 bridgehead atoms. The number of aliphatic hydroxyl groups is 4. The molecule has 4 aliphatic rings. The van der Waals surface area contributed by atoms with Crippen LogP contribution in [-0.4, -0.2) is 57.4 Å². The van der Waals surface area contributed by atoms with E-state index in [0.717, 1.165) is 44.1 Å². The van der Waals surface area contributed by atoms with Crippen LogP contribution in [0, 0.1) is 50.2 Å². The number of fused-ring (bicyclic) bond motifs is 2. The molecule has 0 saturated heterocycles. The normalized spacial score (nSPS) is 49.3. The third kappa shape index (κ3) is 5.19. The van der Waals surface area contributed by atoms with Gasteiger partial charge < -0.3 is 25.2 Å². The van der Waals surface area contributed by atoms with Crippen molar-refractivity contribution >= 4 is 5.97 Å². The van der Waals surface area contributed by atoms with E-state index in [9.17, 15) is 25.2 Å². The maximum Gasteiger partial charge on any atom is 0.330 e. The van der Waals surface area contributed by atoms with Crippen molar-refractivity contribution in [1.82, 2.24) is 0 Å². The predicted molar refractivity (Wildman–Crippen MR) is 171 cm³/mol. The molecule has 0 aromatic carbocycles. The standard InChI is InChI=1S/C37H62O6/c1-11-13-26-34(8)16-15-27(38)35(9,22-43-29(40)18-23(3)4)25(34)14-17-36(26,10)33(7)20-24-19-32(5,6)30(41)31(42)37(24,12-2)28(39)21-33/h11,18,24-28,30-31,38-39,41-42H,1,12-17,19-22H2,2-10H3/t24?,25?,26?,27-,28+,30-,31-,33-,34-,35+,36+,37-/m0/s1. The third-order valence-corrected chi connectivity index (χ3v) is 14.3. The lowest BCUT2D eigenvalue weighted by Crippen LogP contribution is -2.69. The van der Waals surface area contributed by atoms with Gasteiger partial charge in [-0.25, -0.2) is 4.79 Å². The molecule has 3 unspecified atom stereocenters. The van der Waals surface area contributed by atoms with Crippen molar-refractivity contribution in [3.63, 3.8) is 0 Å². The average molecular weight is 603 g/mol. The third-order valence-electron chi connectivity index (χ3n) is 14.3. The molecule has 0 aromatic heterocycles. The van der Waals surface area contributed by atoms with E-state index in [1.54, 1.807) is 0 Å². The number of rotatable bonds is 7. The summed E-state index contributed by atoms with van der Waals surface area (Å²) in [6, 6.07) is 0. The van der Waals surface area contributed by atoms with Gasteiger partial charge in [-0.2, -0.15) is 0 Å². The number of aliphatic hydroxyl groups excluding tert-OH is 4. The summed E-state index contributed by atoms with van der Waals surface area (Å²) in [4.78, 5) is 12.5. The average Bonchev–Trinajstić information content (AvgIpc) is 2.90. The van der Waals surface area contributed by atoms with E-state index in [-0.39, 0.29) is 46.6 Å². The fraction of sp³-hybridized carbons (Fsp3) is 0.865. The number of carbonyl (C=O) groups excluding carboxylic acids is 1. The zero-order valence-corrected chi connectivity index (χ0v) is 28.6. The summed E-state index contributed by atoms with van der Waals surface area (Å²) in [5, 5.41) is 46.1.